The molecule has 1 heterocycles. The summed E-state index contributed by atoms with van der Waals surface area (Å²) in [4.78, 5) is 34.8. The van der Waals surface area contributed by atoms with Gasteiger partial charge >= 0.3 is 18.1 Å². The molecular formula is C28H27F3N2O6. The van der Waals surface area contributed by atoms with E-state index in [1.807, 2.05) is 48.5 Å². The lowest BCUT2D eigenvalue weighted by molar-refractivity contribution is -0.192. The highest BCUT2D eigenvalue weighted by Gasteiger charge is 2.38. The zero-order chi connectivity index (χ0) is 28.4. The molecule has 0 aromatic heterocycles. The van der Waals surface area contributed by atoms with Gasteiger partial charge in [0.2, 0.25) is 0 Å². The van der Waals surface area contributed by atoms with Crippen LogP contribution in [-0.4, -0.2) is 59.5 Å². The van der Waals surface area contributed by atoms with Crippen molar-refractivity contribution >= 4 is 17.8 Å². The first-order valence-corrected chi connectivity index (χ1v) is 12.0. The van der Waals surface area contributed by atoms with Gasteiger partial charge in [-0.3, -0.25) is 4.79 Å². The normalized spacial score (nSPS) is 17.1. The van der Waals surface area contributed by atoms with Crippen molar-refractivity contribution in [3.8, 4) is 16.9 Å². The number of phenols is 1. The Morgan fingerprint density at radius 2 is 1.54 bits per heavy atom. The van der Waals surface area contributed by atoms with Crippen LogP contribution in [0.1, 0.15) is 33.6 Å². The average molecular weight is 545 g/mol. The summed E-state index contributed by atoms with van der Waals surface area (Å²) in [5.41, 5.74) is 2.69. The lowest BCUT2D eigenvalue weighted by Gasteiger charge is -2.26. The number of aliphatic carboxylic acids is 1. The summed E-state index contributed by atoms with van der Waals surface area (Å²) >= 11 is 0. The van der Waals surface area contributed by atoms with Crippen LogP contribution in [0.15, 0.2) is 78.9 Å². The van der Waals surface area contributed by atoms with E-state index in [0.29, 0.717) is 24.1 Å². The zero-order valence-corrected chi connectivity index (χ0v) is 20.6. The van der Waals surface area contributed by atoms with E-state index >= 15 is 0 Å². The van der Waals surface area contributed by atoms with Gasteiger partial charge in [-0.05, 0) is 60.8 Å². The Labute approximate surface area is 222 Å². The van der Waals surface area contributed by atoms with E-state index in [1.165, 1.54) is 12.1 Å². The molecule has 4 rings (SSSR count). The lowest BCUT2D eigenvalue weighted by Crippen LogP contribution is -2.49. The van der Waals surface area contributed by atoms with Gasteiger partial charge in [0, 0.05) is 12.1 Å². The van der Waals surface area contributed by atoms with Gasteiger partial charge in [-0.2, -0.15) is 13.2 Å². The van der Waals surface area contributed by atoms with Crippen molar-refractivity contribution in [2.75, 3.05) is 13.1 Å². The molecule has 2 atom stereocenters. The van der Waals surface area contributed by atoms with Crippen molar-refractivity contribution in [1.29, 1.82) is 0 Å². The molecular weight excluding hydrogens is 517 g/mol. The lowest BCUT2D eigenvalue weighted by atomic mass is 9.99. The van der Waals surface area contributed by atoms with E-state index in [2.05, 4.69) is 10.6 Å². The van der Waals surface area contributed by atoms with Crippen LogP contribution in [0.3, 0.4) is 0 Å². The van der Waals surface area contributed by atoms with Crippen LogP contribution in [0.2, 0.25) is 0 Å². The summed E-state index contributed by atoms with van der Waals surface area (Å²) in [7, 11) is 0. The molecule has 1 aliphatic rings. The quantitative estimate of drug-likeness (QED) is 0.351. The van der Waals surface area contributed by atoms with Gasteiger partial charge in [0.05, 0.1) is 11.6 Å². The van der Waals surface area contributed by atoms with Crippen LogP contribution in [0.5, 0.6) is 5.75 Å². The van der Waals surface area contributed by atoms with E-state index in [0.717, 1.165) is 24.1 Å². The fraction of sp³-hybridized carbons (Fsp3) is 0.250. The van der Waals surface area contributed by atoms with Gasteiger partial charge in [0.15, 0.2) is 0 Å². The number of hydrogen-bond acceptors (Lipinski definition) is 6. The number of amides is 1. The third-order valence-electron chi connectivity index (χ3n) is 5.83. The number of hydrogen-bond donors (Lipinski definition) is 4. The van der Waals surface area contributed by atoms with Crippen molar-refractivity contribution in [2.24, 2.45) is 0 Å². The molecule has 1 aliphatic heterocycles. The third-order valence-corrected chi connectivity index (χ3v) is 5.83. The largest absolute Gasteiger partial charge is 0.508 e. The number of benzene rings is 3. The third kappa shape index (κ3) is 8.57. The van der Waals surface area contributed by atoms with E-state index < -0.39 is 24.2 Å². The fourth-order valence-electron chi connectivity index (χ4n) is 3.90. The number of ether oxygens (including phenoxy) is 1. The first kappa shape index (κ1) is 29.2. The number of nitrogens with one attached hydrogen (secondary N) is 2. The van der Waals surface area contributed by atoms with Gasteiger partial charge in [0.25, 0.3) is 5.91 Å². The zero-order valence-electron chi connectivity index (χ0n) is 20.6. The number of alkyl halides is 3. The highest BCUT2D eigenvalue weighted by Crippen LogP contribution is 2.25. The number of aromatic hydroxyl groups is 1. The van der Waals surface area contributed by atoms with Crippen molar-refractivity contribution in [3.63, 3.8) is 0 Å². The van der Waals surface area contributed by atoms with Gasteiger partial charge in [-0.15, -0.1) is 0 Å². The van der Waals surface area contributed by atoms with Crippen molar-refractivity contribution in [1.82, 2.24) is 10.6 Å². The van der Waals surface area contributed by atoms with Crippen LogP contribution in [0, 0.1) is 0 Å². The van der Waals surface area contributed by atoms with Gasteiger partial charge < -0.3 is 25.6 Å². The molecule has 3 aromatic rings. The van der Waals surface area contributed by atoms with Gasteiger partial charge in [-0.1, -0.05) is 48.5 Å². The molecule has 8 nitrogen and oxygen atoms in total. The number of carboxylic acids is 1. The molecule has 1 amide bonds. The highest BCUT2D eigenvalue weighted by molar-refractivity contribution is 5.97. The molecule has 0 radical (unpaired) electrons. The molecule has 0 saturated carbocycles. The van der Waals surface area contributed by atoms with Crippen molar-refractivity contribution in [3.05, 3.63) is 90.0 Å². The number of phenolic OH excluding ortho intramolecular Hbond substituents is 1. The highest BCUT2D eigenvalue weighted by atomic mass is 19.4. The standard InChI is InChI=1S/C26H26N2O4.C2HF3O2/c29-20-14-12-19(13-15-20)25(30)28-23-17-27-16-6-11-24(23)32-26(31)22-10-5-4-9-21(22)18-7-2-1-3-8-18;3-2(4,5)1(6)7/h1-5,7-10,12-15,23-24,27,29H,6,11,16-17H2,(H,28,30);(H,6,7)/t23-,24-;/m1./s1. The van der Waals surface area contributed by atoms with E-state index in [-0.39, 0.29) is 17.7 Å². The summed E-state index contributed by atoms with van der Waals surface area (Å²) in [5, 5.41) is 22.9. The Morgan fingerprint density at radius 3 is 2.18 bits per heavy atom. The second kappa shape index (κ2) is 13.4. The Morgan fingerprint density at radius 1 is 0.923 bits per heavy atom. The van der Waals surface area contributed by atoms with Crippen LogP contribution in [0.4, 0.5) is 13.2 Å². The molecule has 4 N–H and O–H groups in total. The summed E-state index contributed by atoms with van der Waals surface area (Å²) in [6.07, 6.45) is -4.06. The summed E-state index contributed by atoms with van der Waals surface area (Å²) in [6.45, 7) is 1.29. The van der Waals surface area contributed by atoms with Gasteiger partial charge in [-0.25, -0.2) is 9.59 Å². The predicted molar refractivity (Wildman–Crippen MR) is 136 cm³/mol. The summed E-state index contributed by atoms with van der Waals surface area (Å²) in [6, 6.07) is 22.8. The van der Waals surface area contributed by atoms with Crippen molar-refractivity contribution in [2.45, 2.75) is 31.2 Å². The maximum Gasteiger partial charge on any atom is 0.490 e. The van der Waals surface area contributed by atoms with Crippen LogP contribution in [-0.2, 0) is 9.53 Å². The monoisotopic (exact) mass is 544 g/mol. The van der Waals surface area contributed by atoms with E-state index in [1.54, 1.807) is 18.2 Å². The molecule has 206 valence electrons. The average Bonchev–Trinajstić information content (AvgIpc) is 3.14. The molecule has 39 heavy (non-hydrogen) atoms. The number of halogens is 3. The smallest absolute Gasteiger partial charge is 0.490 e. The van der Waals surface area contributed by atoms with E-state index in [4.69, 9.17) is 14.6 Å². The number of carbonyl (C=O) groups is 3. The minimum Gasteiger partial charge on any atom is -0.508 e. The Hall–Kier alpha value is -4.38. The van der Waals surface area contributed by atoms with Crippen LogP contribution in [0.25, 0.3) is 11.1 Å². The SMILES string of the molecule is O=C(N[C@@H]1CNCCC[C@H]1OC(=O)c1ccccc1-c1ccccc1)c1ccc(O)cc1.O=C(O)C(F)(F)F. The van der Waals surface area contributed by atoms with Gasteiger partial charge in [0.1, 0.15) is 11.9 Å². The molecule has 0 bridgehead atoms. The van der Waals surface area contributed by atoms with Crippen LogP contribution >= 0.6 is 0 Å². The molecule has 11 heteroatoms. The molecule has 0 aliphatic carbocycles. The van der Waals surface area contributed by atoms with Crippen molar-refractivity contribution < 1.29 is 42.5 Å². The fourth-order valence-corrected chi connectivity index (χ4v) is 3.90. The minimum atomic E-state index is -5.08. The number of carbonyl (C=O) groups excluding carboxylic acids is 2. The first-order chi connectivity index (χ1) is 18.6. The Bertz CT molecular complexity index is 1270. The predicted octanol–water partition coefficient (Wildman–Crippen LogP) is 4.40. The summed E-state index contributed by atoms with van der Waals surface area (Å²) < 4.78 is 37.7. The summed E-state index contributed by atoms with van der Waals surface area (Å²) in [5.74, 6) is -3.33. The Balaban J connectivity index is 0.000000532. The second-order valence-electron chi connectivity index (χ2n) is 8.63. The van der Waals surface area contributed by atoms with E-state index in [9.17, 15) is 27.9 Å². The Kier molecular flexibility index (Phi) is 10.0. The maximum atomic E-state index is 13.2. The molecule has 0 unspecified atom stereocenters. The first-order valence-electron chi connectivity index (χ1n) is 12.0. The topological polar surface area (TPSA) is 125 Å². The maximum absolute atomic E-state index is 13.2. The molecule has 3 aromatic carbocycles. The number of rotatable bonds is 5. The number of esters is 1. The second-order valence-corrected chi connectivity index (χ2v) is 8.63. The molecule has 0 spiro atoms. The molecule has 1 fully saturated rings. The molecule has 1 saturated heterocycles. The number of carboxylic acid groups (broad SMARTS) is 1. The van der Waals surface area contributed by atoms with Crippen LogP contribution < -0.4 is 10.6 Å². The minimum absolute atomic E-state index is 0.0987.